The Kier molecular flexibility index (Phi) is 4.86. The van der Waals surface area contributed by atoms with Crippen LogP contribution in [0.1, 0.15) is 6.92 Å². The summed E-state index contributed by atoms with van der Waals surface area (Å²) in [6.07, 6.45) is 4.85. The van der Waals surface area contributed by atoms with Gasteiger partial charge in [-0.2, -0.15) is 0 Å². The molecule has 2 N–H and O–H groups in total. The van der Waals surface area contributed by atoms with Crippen LogP contribution in [0.3, 0.4) is 0 Å². The van der Waals surface area contributed by atoms with E-state index in [1.165, 1.54) is 0 Å². The van der Waals surface area contributed by atoms with Gasteiger partial charge >= 0.3 is 0 Å². The minimum Gasteiger partial charge on any atom is -0.393 e. The van der Waals surface area contributed by atoms with Gasteiger partial charge in [-0.3, -0.25) is 14.9 Å². The normalized spacial score (nSPS) is 23.6. The van der Waals surface area contributed by atoms with Gasteiger partial charge in [-0.05, 0) is 13.0 Å². The monoisotopic (exact) mass is 240 g/mol. The largest absolute Gasteiger partial charge is 0.393 e. The van der Waals surface area contributed by atoms with Crippen LogP contribution < -0.4 is 5.32 Å². The first-order valence-electron chi connectivity index (χ1n) is 5.18. The summed E-state index contributed by atoms with van der Waals surface area (Å²) in [6.45, 7) is 1.52. The summed E-state index contributed by atoms with van der Waals surface area (Å²) in [7, 11) is 1.74. The van der Waals surface area contributed by atoms with Crippen molar-refractivity contribution < 1.29 is 19.4 Å². The number of carbonyl (C=O) groups is 2. The molecule has 6 nitrogen and oxygen atoms in total. The predicted octanol–water partition coefficient (Wildman–Crippen LogP) is -0.632. The van der Waals surface area contributed by atoms with E-state index < -0.39 is 5.91 Å². The second-order valence-corrected chi connectivity index (χ2v) is 3.70. The average Bonchev–Trinajstić information content (AvgIpc) is 2.77. The van der Waals surface area contributed by atoms with Crippen LogP contribution in [0, 0.1) is 0 Å². The summed E-state index contributed by atoms with van der Waals surface area (Å²) in [5, 5.41) is 10.9. The number of likely N-dealkylation sites (N-methyl/N-ethyl adjacent to an activating group) is 1. The van der Waals surface area contributed by atoms with Gasteiger partial charge in [-0.15, -0.1) is 0 Å². The zero-order chi connectivity index (χ0) is 12.8. The van der Waals surface area contributed by atoms with Crippen LogP contribution in [0.15, 0.2) is 23.9 Å². The number of aliphatic hydroxyl groups excluding tert-OH is 1. The molecule has 6 heteroatoms. The lowest BCUT2D eigenvalue weighted by Gasteiger charge is -2.23. The maximum absolute atomic E-state index is 11.3. The lowest BCUT2D eigenvalue weighted by atomic mass is 10.3. The number of hydrogen-bond donors (Lipinski definition) is 2. The minimum absolute atomic E-state index is 0.0742. The van der Waals surface area contributed by atoms with Crippen LogP contribution in [0.25, 0.3) is 0 Å². The van der Waals surface area contributed by atoms with Crippen molar-refractivity contribution in [3.05, 3.63) is 23.9 Å². The molecule has 0 aromatic rings. The van der Waals surface area contributed by atoms with Crippen LogP contribution >= 0.6 is 0 Å². The zero-order valence-corrected chi connectivity index (χ0v) is 9.79. The smallest absolute Gasteiger partial charge is 0.254 e. The number of ether oxygens (including phenoxy) is 1. The molecule has 2 atom stereocenters. The molecule has 0 aromatic carbocycles. The first-order chi connectivity index (χ1) is 8.08. The molecule has 2 amide bonds. The molecule has 0 saturated heterocycles. The number of nitrogens with one attached hydrogen (secondary N) is 1. The van der Waals surface area contributed by atoms with Gasteiger partial charge < -0.3 is 14.7 Å². The standard InChI is InChI=1S/C11H16N2O4/c1-8(11(16)12-7-15)5-13(2)10-4-3-9(6-14)17-10/h3-5,7,9-10,14H,6H2,1-2H3,(H,12,15,16)/b8-5-/t9-,10?/m0/s1. The van der Waals surface area contributed by atoms with Crippen LogP contribution in [0.5, 0.6) is 0 Å². The van der Waals surface area contributed by atoms with E-state index in [9.17, 15) is 9.59 Å². The fraction of sp³-hybridized carbons (Fsp3) is 0.455. The van der Waals surface area contributed by atoms with E-state index in [1.54, 1.807) is 37.2 Å². The SMILES string of the molecule is C/C(=C/N(C)C1C=C[C@@H](CO)O1)C(=O)NC=O. The summed E-state index contributed by atoms with van der Waals surface area (Å²) in [4.78, 5) is 23.1. The Bertz CT molecular complexity index is 351. The summed E-state index contributed by atoms with van der Waals surface area (Å²) in [5.41, 5.74) is 0.393. The number of imide groups is 1. The Balaban J connectivity index is 2.57. The van der Waals surface area contributed by atoms with Gasteiger partial charge in [0.25, 0.3) is 5.91 Å². The number of rotatable bonds is 5. The summed E-state index contributed by atoms with van der Waals surface area (Å²) < 4.78 is 5.43. The third-order valence-corrected chi connectivity index (χ3v) is 2.33. The highest BCUT2D eigenvalue weighted by molar-refractivity contribution is 5.98. The Morgan fingerprint density at radius 1 is 1.59 bits per heavy atom. The predicted molar refractivity (Wildman–Crippen MR) is 60.6 cm³/mol. The molecule has 0 radical (unpaired) electrons. The van der Waals surface area contributed by atoms with Gasteiger partial charge in [-0.25, -0.2) is 0 Å². The van der Waals surface area contributed by atoms with Crippen molar-refractivity contribution in [1.82, 2.24) is 10.2 Å². The number of amides is 2. The Hall–Kier alpha value is -1.66. The molecule has 1 aliphatic rings. The van der Waals surface area contributed by atoms with Gasteiger partial charge in [0, 0.05) is 18.8 Å². The quantitative estimate of drug-likeness (QED) is 0.380. The molecule has 0 saturated carbocycles. The van der Waals surface area contributed by atoms with Crippen molar-refractivity contribution in [1.29, 1.82) is 0 Å². The van der Waals surface area contributed by atoms with Gasteiger partial charge in [0.05, 0.1) is 6.61 Å². The van der Waals surface area contributed by atoms with Crippen molar-refractivity contribution >= 4 is 12.3 Å². The van der Waals surface area contributed by atoms with E-state index >= 15 is 0 Å². The van der Waals surface area contributed by atoms with E-state index in [-0.39, 0.29) is 18.9 Å². The third kappa shape index (κ3) is 3.69. The van der Waals surface area contributed by atoms with Crippen LogP contribution in [-0.2, 0) is 14.3 Å². The molecule has 0 aliphatic carbocycles. The molecule has 1 unspecified atom stereocenters. The van der Waals surface area contributed by atoms with Crippen molar-refractivity contribution in [2.45, 2.75) is 19.3 Å². The van der Waals surface area contributed by atoms with E-state index in [1.807, 2.05) is 5.32 Å². The van der Waals surface area contributed by atoms with Gasteiger partial charge in [0.15, 0.2) is 0 Å². The second kappa shape index (κ2) is 6.17. The highest BCUT2D eigenvalue weighted by atomic mass is 16.5. The lowest BCUT2D eigenvalue weighted by Crippen LogP contribution is -2.30. The number of aliphatic hydroxyl groups is 1. The molecule has 1 heterocycles. The molecule has 0 aromatic heterocycles. The highest BCUT2D eigenvalue weighted by Gasteiger charge is 2.20. The summed E-state index contributed by atoms with van der Waals surface area (Å²) in [6, 6.07) is 0. The number of hydrogen-bond acceptors (Lipinski definition) is 5. The van der Waals surface area contributed by atoms with Crippen molar-refractivity contribution in [3.63, 3.8) is 0 Å². The molecule has 94 valence electrons. The van der Waals surface area contributed by atoms with Crippen LogP contribution in [0.2, 0.25) is 0 Å². The number of nitrogens with zero attached hydrogens (tertiary/aromatic N) is 1. The van der Waals surface area contributed by atoms with E-state index in [0.717, 1.165) is 0 Å². The molecule has 1 rings (SSSR count). The van der Waals surface area contributed by atoms with E-state index in [0.29, 0.717) is 12.0 Å². The lowest BCUT2D eigenvalue weighted by molar-refractivity contribution is -0.122. The van der Waals surface area contributed by atoms with Gasteiger partial charge in [-0.1, -0.05) is 6.08 Å². The molecule has 17 heavy (non-hydrogen) atoms. The molecule has 0 fully saturated rings. The average molecular weight is 240 g/mol. The maximum atomic E-state index is 11.3. The Labute approximate surface area is 99.5 Å². The Morgan fingerprint density at radius 2 is 2.29 bits per heavy atom. The van der Waals surface area contributed by atoms with Gasteiger partial charge in [0.2, 0.25) is 6.41 Å². The van der Waals surface area contributed by atoms with Crippen molar-refractivity contribution in [3.8, 4) is 0 Å². The number of carbonyl (C=O) groups excluding carboxylic acids is 2. The second-order valence-electron chi connectivity index (χ2n) is 3.70. The fourth-order valence-electron chi connectivity index (χ4n) is 1.43. The first kappa shape index (κ1) is 13.4. The first-order valence-corrected chi connectivity index (χ1v) is 5.18. The molecule has 0 spiro atoms. The molecule has 1 aliphatic heterocycles. The van der Waals surface area contributed by atoms with Crippen molar-refractivity contribution in [2.75, 3.05) is 13.7 Å². The van der Waals surface area contributed by atoms with E-state index in [4.69, 9.17) is 9.84 Å². The van der Waals surface area contributed by atoms with Crippen LogP contribution in [0.4, 0.5) is 0 Å². The highest BCUT2D eigenvalue weighted by Crippen LogP contribution is 2.14. The zero-order valence-electron chi connectivity index (χ0n) is 9.79. The molecular weight excluding hydrogens is 224 g/mol. The van der Waals surface area contributed by atoms with E-state index in [2.05, 4.69) is 0 Å². The van der Waals surface area contributed by atoms with Gasteiger partial charge in [0.1, 0.15) is 12.3 Å². The molecule has 0 bridgehead atoms. The minimum atomic E-state index is -0.451. The summed E-state index contributed by atoms with van der Waals surface area (Å²) in [5.74, 6) is -0.451. The maximum Gasteiger partial charge on any atom is 0.254 e. The fourth-order valence-corrected chi connectivity index (χ4v) is 1.43. The Morgan fingerprint density at radius 3 is 2.82 bits per heavy atom. The topological polar surface area (TPSA) is 78.9 Å². The summed E-state index contributed by atoms with van der Waals surface area (Å²) >= 11 is 0. The van der Waals surface area contributed by atoms with Crippen LogP contribution in [-0.4, -0.2) is 48.3 Å². The molecular formula is C11H16N2O4. The van der Waals surface area contributed by atoms with Crippen molar-refractivity contribution in [2.24, 2.45) is 0 Å². The third-order valence-electron chi connectivity index (χ3n) is 2.33.